The molecular formula is C28H26. The van der Waals surface area contributed by atoms with Crippen molar-refractivity contribution in [2.75, 3.05) is 0 Å². The second-order valence-corrected chi connectivity index (χ2v) is 7.31. The van der Waals surface area contributed by atoms with Crippen LogP contribution in [0.2, 0.25) is 0 Å². The van der Waals surface area contributed by atoms with Gasteiger partial charge in [0, 0.05) is 5.41 Å². The van der Waals surface area contributed by atoms with Crippen molar-refractivity contribution in [1.29, 1.82) is 0 Å². The summed E-state index contributed by atoms with van der Waals surface area (Å²) in [7, 11) is 0. The minimum absolute atomic E-state index is 0.226. The Morgan fingerprint density at radius 3 is 1.54 bits per heavy atom. The Labute approximate surface area is 168 Å². The molecule has 138 valence electrons. The van der Waals surface area contributed by atoms with E-state index in [1.165, 1.54) is 27.8 Å². The second-order valence-electron chi connectivity index (χ2n) is 7.31. The predicted octanol–water partition coefficient (Wildman–Crippen LogP) is 6.83. The highest BCUT2D eigenvalue weighted by Gasteiger charge is 2.37. The van der Waals surface area contributed by atoms with E-state index in [9.17, 15) is 0 Å². The predicted molar refractivity (Wildman–Crippen MR) is 119 cm³/mol. The minimum Gasteiger partial charge on any atom is -0.0622 e. The van der Waals surface area contributed by atoms with Crippen molar-refractivity contribution in [2.45, 2.75) is 25.2 Å². The van der Waals surface area contributed by atoms with Gasteiger partial charge in [0.2, 0.25) is 0 Å². The third kappa shape index (κ3) is 3.39. The van der Waals surface area contributed by atoms with Crippen LogP contribution in [-0.4, -0.2) is 0 Å². The molecule has 0 heterocycles. The lowest BCUT2D eigenvalue weighted by molar-refractivity contribution is 0.606. The maximum atomic E-state index is 2.32. The summed E-state index contributed by atoms with van der Waals surface area (Å²) in [5.74, 6) is 0. The van der Waals surface area contributed by atoms with Gasteiger partial charge in [-0.2, -0.15) is 0 Å². The van der Waals surface area contributed by atoms with Crippen molar-refractivity contribution in [2.24, 2.45) is 0 Å². The topological polar surface area (TPSA) is 0 Å². The molecule has 0 heteroatoms. The van der Waals surface area contributed by atoms with Crippen molar-refractivity contribution < 1.29 is 0 Å². The van der Waals surface area contributed by atoms with Gasteiger partial charge in [-0.3, -0.25) is 0 Å². The van der Waals surface area contributed by atoms with Gasteiger partial charge in [0.25, 0.3) is 0 Å². The lowest BCUT2D eigenvalue weighted by Gasteiger charge is -2.38. The SMILES string of the molecule is CCc1ccccc1C(Cc1ccccc1)(c1ccccc1)c1ccccc1. The van der Waals surface area contributed by atoms with Crippen LogP contribution >= 0.6 is 0 Å². The number of hydrogen-bond acceptors (Lipinski definition) is 0. The summed E-state index contributed by atoms with van der Waals surface area (Å²) in [5.41, 5.74) is 6.61. The number of benzene rings is 4. The van der Waals surface area contributed by atoms with Crippen molar-refractivity contribution >= 4 is 0 Å². The van der Waals surface area contributed by atoms with Gasteiger partial charge < -0.3 is 0 Å². The highest BCUT2D eigenvalue weighted by atomic mass is 14.4. The highest BCUT2D eigenvalue weighted by Crippen LogP contribution is 2.43. The third-order valence-corrected chi connectivity index (χ3v) is 5.70. The van der Waals surface area contributed by atoms with Gasteiger partial charge in [0.05, 0.1) is 0 Å². The van der Waals surface area contributed by atoms with Crippen LogP contribution in [0.5, 0.6) is 0 Å². The standard InChI is InChI=1S/C28H26/c1-2-24-16-12-13-21-27(24)28(25-17-8-4-9-18-25,26-19-10-5-11-20-26)22-23-14-6-3-7-15-23/h3-21H,2,22H2,1H3. The first-order valence-electron chi connectivity index (χ1n) is 10.1. The lowest BCUT2D eigenvalue weighted by atomic mass is 9.64. The van der Waals surface area contributed by atoms with Crippen LogP contribution in [-0.2, 0) is 18.3 Å². The fourth-order valence-electron chi connectivity index (χ4n) is 4.37. The Morgan fingerprint density at radius 1 is 0.536 bits per heavy atom. The van der Waals surface area contributed by atoms with E-state index >= 15 is 0 Å². The van der Waals surface area contributed by atoms with Gasteiger partial charge >= 0.3 is 0 Å². The van der Waals surface area contributed by atoms with E-state index < -0.39 is 0 Å². The van der Waals surface area contributed by atoms with Gasteiger partial charge in [0.15, 0.2) is 0 Å². The Balaban J connectivity index is 2.05. The van der Waals surface area contributed by atoms with Crippen LogP contribution in [0.1, 0.15) is 34.7 Å². The van der Waals surface area contributed by atoms with E-state index in [1.807, 2.05) is 0 Å². The molecule has 0 aliphatic rings. The minimum atomic E-state index is -0.226. The van der Waals surface area contributed by atoms with Crippen LogP contribution in [0.4, 0.5) is 0 Å². The van der Waals surface area contributed by atoms with Gasteiger partial charge in [-0.15, -0.1) is 0 Å². The van der Waals surface area contributed by atoms with Crippen molar-refractivity contribution in [3.8, 4) is 0 Å². The van der Waals surface area contributed by atoms with Crippen LogP contribution in [0.25, 0.3) is 0 Å². The number of rotatable bonds is 6. The largest absolute Gasteiger partial charge is 0.0622 e. The summed E-state index contributed by atoms with van der Waals surface area (Å²) < 4.78 is 0. The van der Waals surface area contributed by atoms with Crippen molar-refractivity contribution in [1.82, 2.24) is 0 Å². The molecule has 0 aromatic heterocycles. The summed E-state index contributed by atoms with van der Waals surface area (Å²) in [4.78, 5) is 0. The van der Waals surface area contributed by atoms with Crippen LogP contribution < -0.4 is 0 Å². The highest BCUT2D eigenvalue weighted by molar-refractivity contribution is 5.54. The van der Waals surface area contributed by atoms with Gasteiger partial charge in [-0.25, -0.2) is 0 Å². The second kappa shape index (κ2) is 8.27. The average molecular weight is 363 g/mol. The Morgan fingerprint density at radius 2 is 1.00 bits per heavy atom. The van der Waals surface area contributed by atoms with Gasteiger partial charge in [-0.1, -0.05) is 122 Å². The van der Waals surface area contributed by atoms with E-state index in [1.54, 1.807) is 0 Å². The first-order chi connectivity index (χ1) is 13.8. The molecule has 0 aliphatic carbocycles. The first-order valence-corrected chi connectivity index (χ1v) is 10.1. The van der Waals surface area contributed by atoms with Gasteiger partial charge in [-0.05, 0) is 40.7 Å². The molecule has 0 atom stereocenters. The summed E-state index contributed by atoms with van der Waals surface area (Å²) in [6.07, 6.45) is 1.95. The van der Waals surface area contributed by atoms with E-state index in [2.05, 4.69) is 122 Å². The van der Waals surface area contributed by atoms with Crippen molar-refractivity contribution in [3.05, 3.63) is 143 Å². The Hall–Kier alpha value is -3.12. The molecule has 0 saturated heterocycles. The third-order valence-electron chi connectivity index (χ3n) is 5.70. The maximum absolute atomic E-state index is 2.32. The monoisotopic (exact) mass is 362 g/mol. The smallest absolute Gasteiger partial charge is 0.0494 e. The molecule has 0 radical (unpaired) electrons. The van der Waals surface area contributed by atoms with E-state index in [0.717, 1.165) is 12.8 Å². The summed E-state index contributed by atoms with van der Waals surface area (Å²) in [5, 5.41) is 0. The molecule has 4 aromatic rings. The molecule has 0 saturated carbocycles. The zero-order valence-corrected chi connectivity index (χ0v) is 16.4. The molecule has 4 rings (SSSR count). The fraction of sp³-hybridized carbons (Fsp3) is 0.143. The van der Waals surface area contributed by atoms with Crippen LogP contribution in [0.3, 0.4) is 0 Å². The number of hydrogen-bond donors (Lipinski definition) is 0. The van der Waals surface area contributed by atoms with Crippen LogP contribution in [0.15, 0.2) is 115 Å². The normalized spacial score (nSPS) is 11.3. The zero-order valence-electron chi connectivity index (χ0n) is 16.4. The fourth-order valence-corrected chi connectivity index (χ4v) is 4.37. The molecular weight excluding hydrogens is 336 g/mol. The van der Waals surface area contributed by atoms with E-state index in [0.29, 0.717) is 0 Å². The molecule has 0 nitrogen and oxygen atoms in total. The molecule has 0 spiro atoms. The average Bonchev–Trinajstić information content (AvgIpc) is 2.79. The molecule has 0 bridgehead atoms. The molecule has 0 aliphatic heterocycles. The summed E-state index contributed by atoms with van der Waals surface area (Å²) in [6.45, 7) is 2.25. The van der Waals surface area contributed by atoms with E-state index in [4.69, 9.17) is 0 Å². The lowest BCUT2D eigenvalue weighted by Crippen LogP contribution is -2.33. The molecule has 4 aromatic carbocycles. The molecule has 0 unspecified atom stereocenters. The number of aryl methyl sites for hydroxylation is 1. The zero-order chi connectivity index (χ0) is 19.2. The Kier molecular flexibility index (Phi) is 5.39. The summed E-state index contributed by atoms with van der Waals surface area (Å²) in [6, 6.07) is 41.8. The van der Waals surface area contributed by atoms with Crippen LogP contribution in [0, 0.1) is 0 Å². The maximum Gasteiger partial charge on any atom is 0.0494 e. The Bertz CT molecular complexity index is 962. The quantitative estimate of drug-likeness (QED) is 0.330. The van der Waals surface area contributed by atoms with E-state index in [-0.39, 0.29) is 5.41 Å². The van der Waals surface area contributed by atoms with Gasteiger partial charge in [0.1, 0.15) is 0 Å². The van der Waals surface area contributed by atoms with Crippen molar-refractivity contribution in [3.63, 3.8) is 0 Å². The summed E-state index contributed by atoms with van der Waals surface area (Å²) >= 11 is 0. The molecule has 0 amide bonds. The molecule has 0 N–H and O–H groups in total. The molecule has 0 fully saturated rings. The molecule has 28 heavy (non-hydrogen) atoms. The first kappa shape index (κ1) is 18.3.